The molecule has 0 aromatic rings. The van der Waals surface area contributed by atoms with Gasteiger partial charge in [0.2, 0.25) is 0 Å². The third-order valence-corrected chi connectivity index (χ3v) is 2.64. The van der Waals surface area contributed by atoms with Crippen molar-refractivity contribution in [1.82, 2.24) is 4.90 Å². The van der Waals surface area contributed by atoms with E-state index in [0.717, 1.165) is 6.92 Å². The number of esters is 1. The van der Waals surface area contributed by atoms with Gasteiger partial charge in [-0.25, -0.2) is 0 Å². The Kier molecular flexibility index (Phi) is 6.82. The number of hydrogen-bond acceptors (Lipinski definition) is 3. The second-order valence-corrected chi connectivity index (χ2v) is 5.41. The number of nitrogens with zero attached hydrogens (tertiary/aromatic N) is 1. The molecule has 0 aliphatic carbocycles. The number of rotatable bonds is 6. The molecule has 0 unspecified atom stereocenters. The monoisotopic (exact) mass is 347 g/mol. The van der Waals surface area contributed by atoms with Crippen molar-refractivity contribution in [3.8, 4) is 0 Å². The lowest BCUT2D eigenvalue weighted by Gasteiger charge is -2.32. The molecule has 0 radical (unpaired) electrons. The van der Waals surface area contributed by atoms with E-state index < -0.39 is 23.7 Å². The Morgan fingerprint density at radius 1 is 1.26 bits per heavy atom. The Balaban J connectivity index is 4.86. The normalized spacial score (nSPS) is 12.2. The predicted octanol–water partition coefficient (Wildman–Crippen LogP) is 2.50. The fraction of sp³-hybridized carbons (Fsp3) is 0.818. The number of carbonyl (C=O) groups excluding carboxylic acids is 2. The summed E-state index contributed by atoms with van der Waals surface area (Å²) in [4.78, 5) is 22.8. The highest BCUT2D eigenvalue weighted by Gasteiger charge is 2.43. The van der Waals surface area contributed by atoms with Crippen molar-refractivity contribution < 1.29 is 27.5 Å². The van der Waals surface area contributed by atoms with Gasteiger partial charge in [0.15, 0.2) is 0 Å². The highest BCUT2D eigenvalue weighted by Crippen LogP contribution is 2.21. The van der Waals surface area contributed by atoms with Gasteiger partial charge in [0.1, 0.15) is 5.60 Å². The summed E-state index contributed by atoms with van der Waals surface area (Å²) in [7, 11) is 0. The minimum atomic E-state index is -4.93. The Morgan fingerprint density at radius 3 is 2.16 bits per heavy atom. The van der Waals surface area contributed by atoms with Gasteiger partial charge < -0.3 is 9.64 Å². The van der Waals surface area contributed by atoms with Gasteiger partial charge in [-0.1, -0.05) is 15.9 Å². The summed E-state index contributed by atoms with van der Waals surface area (Å²) in [6, 6.07) is 0. The van der Waals surface area contributed by atoms with Gasteiger partial charge in [0.05, 0.1) is 6.54 Å². The van der Waals surface area contributed by atoms with Crippen molar-refractivity contribution in [1.29, 1.82) is 0 Å². The Bertz CT molecular complexity index is 332. The van der Waals surface area contributed by atoms with E-state index >= 15 is 0 Å². The van der Waals surface area contributed by atoms with E-state index in [0.29, 0.717) is 16.7 Å². The van der Waals surface area contributed by atoms with Gasteiger partial charge in [-0.2, -0.15) is 13.2 Å². The standard InChI is InChI=1S/C11H17BrF3NO3/c1-8(17)19-10(2,3)7-16(6-4-5-12)9(18)11(13,14)15/h4-7H2,1-3H3. The molecular weight excluding hydrogens is 331 g/mol. The van der Waals surface area contributed by atoms with Gasteiger partial charge in [0.25, 0.3) is 0 Å². The third-order valence-electron chi connectivity index (χ3n) is 2.08. The van der Waals surface area contributed by atoms with Gasteiger partial charge in [-0.15, -0.1) is 0 Å². The van der Waals surface area contributed by atoms with Gasteiger partial charge in [-0.3, -0.25) is 9.59 Å². The highest BCUT2D eigenvalue weighted by atomic mass is 79.9. The zero-order valence-electron chi connectivity index (χ0n) is 11.0. The van der Waals surface area contributed by atoms with Crippen LogP contribution in [0.25, 0.3) is 0 Å². The molecule has 19 heavy (non-hydrogen) atoms. The molecule has 1 amide bonds. The third kappa shape index (κ3) is 7.39. The first-order valence-corrected chi connectivity index (χ1v) is 6.73. The Morgan fingerprint density at radius 2 is 1.79 bits per heavy atom. The molecule has 0 spiro atoms. The molecule has 0 aliphatic rings. The van der Waals surface area contributed by atoms with Crippen LogP contribution in [0.15, 0.2) is 0 Å². The maximum atomic E-state index is 12.5. The fourth-order valence-corrected chi connectivity index (χ4v) is 1.81. The lowest BCUT2D eigenvalue weighted by molar-refractivity contribution is -0.189. The summed E-state index contributed by atoms with van der Waals surface area (Å²) >= 11 is 3.09. The maximum Gasteiger partial charge on any atom is 0.471 e. The molecule has 8 heteroatoms. The highest BCUT2D eigenvalue weighted by molar-refractivity contribution is 9.09. The number of ether oxygens (including phenoxy) is 1. The first-order valence-electron chi connectivity index (χ1n) is 5.61. The minimum Gasteiger partial charge on any atom is -0.458 e. The summed E-state index contributed by atoms with van der Waals surface area (Å²) in [5, 5.41) is 0.475. The summed E-state index contributed by atoms with van der Waals surface area (Å²) in [6.07, 6.45) is -4.56. The van der Waals surface area contributed by atoms with E-state index in [4.69, 9.17) is 4.74 Å². The van der Waals surface area contributed by atoms with Crippen LogP contribution in [-0.4, -0.2) is 47.0 Å². The molecule has 0 N–H and O–H groups in total. The zero-order chi connectivity index (χ0) is 15.3. The average Bonchev–Trinajstić information content (AvgIpc) is 2.19. The van der Waals surface area contributed by atoms with Crippen LogP contribution in [0.1, 0.15) is 27.2 Å². The van der Waals surface area contributed by atoms with Crippen molar-refractivity contribution in [2.45, 2.75) is 39.0 Å². The second-order valence-electron chi connectivity index (χ2n) is 4.62. The number of alkyl halides is 4. The van der Waals surface area contributed by atoms with E-state index in [1.54, 1.807) is 0 Å². The fourth-order valence-electron chi connectivity index (χ4n) is 1.56. The quantitative estimate of drug-likeness (QED) is 0.547. The average molecular weight is 348 g/mol. The molecule has 0 rings (SSSR count). The lowest BCUT2D eigenvalue weighted by Crippen LogP contribution is -2.49. The molecular formula is C11H17BrF3NO3. The summed E-state index contributed by atoms with van der Waals surface area (Å²) in [5.74, 6) is -2.53. The van der Waals surface area contributed by atoms with Crippen molar-refractivity contribution in [3.63, 3.8) is 0 Å². The topological polar surface area (TPSA) is 46.6 Å². The van der Waals surface area contributed by atoms with Crippen molar-refractivity contribution in [3.05, 3.63) is 0 Å². The molecule has 0 heterocycles. The van der Waals surface area contributed by atoms with Gasteiger partial charge in [-0.05, 0) is 20.3 Å². The molecule has 0 saturated heterocycles. The van der Waals surface area contributed by atoms with Gasteiger partial charge in [0, 0.05) is 18.8 Å². The van der Waals surface area contributed by atoms with Crippen molar-refractivity contribution in [2.75, 3.05) is 18.4 Å². The first kappa shape index (κ1) is 18.2. The van der Waals surface area contributed by atoms with Crippen molar-refractivity contribution >= 4 is 27.8 Å². The molecule has 0 atom stereocenters. The molecule has 112 valence electrons. The van der Waals surface area contributed by atoms with E-state index in [1.807, 2.05) is 0 Å². The SMILES string of the molecule is CC(=O)OC(C)(C)CN(CCCBr)C(=O)C(F)(F)F. The van der Waals surface area contributed by atoms with E-state index in [9.17, 15) is 22.8 Å². The zero-order valence-corrected chi connectivity index (χ0v) is 12.6. The summed E-state index contributed by atoms with van der Waals surface area (Å²) < 4.78 is 42.3. The van der Waals surface area contributed by atoms with Crippen LogP contribution in [0.3, 0.4) is 0 Å². The first-order chi connectivity index (χ1) is 8.49. The molecule has 4 nitrogen and oxygen atoms in total. The van der Waals surface area contributed by atoms with Crippen LogP contribution >= 0.6 is 15.9 Å². The predicted molar refractivity (Wildman–Crippen MR) is 66.9 cm³/mol. The summed E-state index contributed by atoms with van der Waals surface area (Å²) in [5.41, 5.74) is -1.17. The van der Waals surface area contributed by atoms with E-state index in [1.165, 1.54) is 13.8 Å². The second kappa shape index (κ2) is 7.12. The summed E-state index contributed by atoms with van der Waals surface area (Å²) in [6.45, 7) is 3.71. The maximum absolute atomic E-state index is 12.5. The van der Waals surface area contributed by atoms with Crippen LogP contribution in [0, 0.1) is 0 Å². The number of halogens is 4. The smallest absolute Gasteiger partial charge is 0.458 e. The Hall–Kier alpha value is -0.790. The number of amides is 1. The molecule has 0 aromatic carbocycles. The van der Waals surface area contributed by atoms with E-state index in [2.05, 4.69) is 15.9 Å². The number of carbonyl (C=O) groups is 2. The molecule has 0 saturated carbocycles. The van der Waals surface area contributed by atoms with Crippen molar-refractivity contribution in [2.24, 2.45) is 0 Å². The van der Waals surface area contributed by atoms with Crippen LogP contribution in [0.2, 0.25) is 0 Å². The molecule has 0 aromatic heterocycles. The van der Waals surface area contributed by atoms with Crippen LogP contribution in [0.5, 0.6) is 0 Å². The number of hydrogen-bond donors (Lipinski definition) is 0. The Labute approximate surface area is 118 Å². The molecule has 0 aliphatic heterocycles. The minimum absolute atomic E-state index is 0.0612. The van der Waals surface area contributed by atoms with Crippen LogP contribution in [0.4, 0.5) is 13.2 Å². The molecule has 0 fully saturated rings. The van der Waals surface area contributed by atoms with Gasteiger partial charge >= 0.3 is 18.1 Å². The van der Waals surface area contributed by atoms with Crippen LogP contribution < -0.4 is 0 Å². The largest absolute Gasteiger partial charge is 0.471 e. The van der Waals surface area contributed by atoms with E-state index in [-0.39, 0.29) is 13.1 Å². The molecule has 0 bridgehead atoms. The van der Waals surface area contributed by atoms with Crippen LogP contribution in [-0.2, 0) is 14.3 Å². The lowest BCUT2D eigenvalue weighted by atomic mass is 10.1.